The topological polar surface area (TPSA) is 63.2 Å². The molecule has 1 aliphatic heterocycles. The molecule has 1 unspecified atom stereocenters. The van der Waals surface area contributed by atoms with Crippen LogP contribution < -0.4 is 10.6 Å². The number of likely N-dealkylation sites (tertiary alicyclic amines) is 1. The normalized spacial score (nSPS) is 17.5. The maximum Gasteiger partial charge on any atom is 0.239 e. The van der Waals surface area contributed by atoms with Crippen LogP contribution in [0.25, 0.3) is 0 Å². The molecular formula is C22H47IN6O. The maximum atomic E-state index is 12.3. The van der Waals surface area contributed by atoms with Crippen LogP contribution in [0.3, 0.4) is 0 Å². The van der Waals surface area contributed by atoms with Crippen LogP contribution in [0.2, 0.25) is 0 Å². The molecule has 0 saturated carbocycles. The van der Waals surface area contributed by atoms with Gasteiger partial charge in [-0.3, -0.25) is 19.6 Å². The molecule has 30 heavy (non-hydrogen) atoms. The molecule has 7 nitrogen and oxygen atoms in total. The number of hydrogen-bond acceptors (Lipinski definition) is 4. The molecule has 0 radical (unpaired) electrons. The van der Waals surface area contributed by atoms with Gasteiger partial charge in [0.25, 0.3) is 0 Å². The van der Waals surface area contributed by atoms with Crippen LogP contribution in [-0.2, 0) is 4.79 Å². The van der Waals surface area contributed by atoms with Crippen molar-refractivity contribution in [1.29, 1.82) is 0 Å². The van der Waals surface area contributed by atoms with E-state index in [4.69, 9.17) is 4.99 Å². The van der Waals surface area contributed by atoms with E-state index in [2.05, 4.69) is 55.1 Å². The first-order valence-electron chi connectivity index (χ1n) is 11.5. The SMILES string of the molecule is CCNC(=NCCCN(C(C)C)C(C)C)NCCCN1CCCC1C(=O)N(C)C.I. The largest absolute Gasteiger partial charge is 0.357 e. The van der Waals surface area contributed by atoms with Crippen molar-refractivity contribution < 1.29 is 4.79 Å². The summed E-state index contributed by atoms with van der Waals surface area (Å²) in [5, 5.41) is 6.79. The highest BCUT2D eigenvalue weighted by Crippen LogP contribution is 2.18. The molecule has 2 N–H and O–H groups in total. The zero-order chi connectivity index (χ0) is 21.8. The van der Waals surface area contributed by atoms with Gasteiger partial charge in [0.2, 0.25) is 5.91 Å². The minimum absolute atomic E-state index is 0. The summed E-state index contributed by atoms with van der Waals surface area (Å²) in [5.74, 6) is 1.14. The first-order valence-corrected chi connectivity index (χ1v) is 11.5. The second-order valence-electron chi connectivity index (χ2n) is 8.75. The summed E-state index contributed by atoms with van der Waals surface area (Å²) in [6, 6.07) is 1.20. The van der Waals surface area contributed by atoms with Gasteiger partial charge in [-0.1, -0.05) is 0 Å². The maximum absolute atomic E-state index is 12.3. The smallest absolute Gasteiger partial charge is 0.239 e. The van der Waals surface area contributed by atoms with E-state index in [0.717, 1.165) is 70.9 Å². The molecule has 1 aliphatic rings. The van der Waals surface area contributed by atoms with E-state index in [1.807, 2.05) is 14.1 Å². The van der Waals surface area contributed by atoms with Crippen LogP contribution in [0.4, 0.5) is 0 Å². The quantitative estimate of drug-likeness (QED) is 0.173. The monoisotopic (exact) mass is 538 g/mol. The summed E-state index contributed by atoms with van der Waals surface area (Å²) >= 11 is 0. The highest BCUT2D eigenvalue weighted by molar-refractivity contribution is 14.0. The lowest BCUT2D eigenvalue weighted by atomic mass is 10.2. The van der Waals surface area contributed by atoms with E-state index in [1.165, 1.54) is 0 Å². The number of likely N-dealkylation sites (N-methyl/N-ethyl adjacent to an activating group) is 1. The van der Waals surface area contributed by atoms with E-state index in [0.29, 0.717) is 12.1 Å². The van der Waals surface area contributed by atoms with Crippen molar-refractivity contribution in [2.24, 2.45) is 4.99 Å². The van der Waals surface area contributed by atoms with Crippen LogP contribution in [0.1, 0.15) is 60.3 Å². The van der Waals surface area contributed by atoms with E-state index in [-0.39, 0.29) is 35.9 Å². The van der Waals surface area contributed by atoms with Crippen molar-refractivity contribution in [2.45, 2.75) is 78.4 Å². The fraction of sp³-hybridized carbons (Fsp3) is 0.909. The van der Waals surface area contributed by atoms with Gasteiger partial charge in [-0.25, -0.2) is 0 Å². The third kappa shape index (κ3) is 10.6. The lowest BCUT2D eigenvalue weighted by Crippen LogP contribution is -2.44. The third-order valence-corrected chi connectivity index (χ3v) is 5.52. The van der Waals surface area contributed by atoms with Crippen molar-refractivity contribution >= 4 is 35.8 Å². The number of hydrogen-bond donors (Lipinski definition) is 2. The molecule has 1 atom stereocenters. The lowest BCUT2D eigenvalue weighted by Gasteiger charge is -2.30. The van der Waals surface area contributed by atoms with E-state index < -0.39 is 0 Å². The molecule has 1 heterocycles. The van der Waals surface area contributed by atoms with Gasteiger partial charge in [0.05, 0.1) is 6.04 Å². The Kier molecular flexibility index (Phi) is 15.8. The summed E-state index contributed by atoms with van der Waals surface area (Å²) in [6.07, 6.45) is 4.18. The number of carbonyl (C=O) groups excluding carboxylic acids is 1. The van der Waals surface area contributed by atoms with Crippen molar-refractivity contribution in [1.82, 2.24) is 25.3 Å². The van der Waals surface area contributed by atoms with Gasteiger partial charge >= 0.3 is 0 Å². The molecule has 1 saturated heterocycles. The van der Waals surface area contributed by atoms with Gasteiger partial charge in [0, 0.05) is 58.9 Å². The number of guanidine groups is 1. The second-order valence-corrected chi connectivity index (χ2v) is 8.75. The van der Waals surface area contributed by atoms with Crippen LogP contribution >= 0.6 is 24.0 Å². The summed E-state index contributed by atoms with van der Waals surface area (Å²) in [7, 11) is 3.70. The minimum Gasteiger partial charge on any atom is -0.357 e. The number of halogens is 1. The van der Waals surface area contributed by atoms with Crippen molar-refractivity contribution in [2.75, 3.05) is 53.4 Å². The van der Waals surface area contributed by atoms with Gasteiger partial charge in [0.1, 0.15) is 0 Å². The molecule has 0 aromatic rings. The van der Waals surface area contributed by atoms with Crippen LogP contribution in [0, 0.1) is 0 Å². The Balaban J connectivity index is 0.00000841. The Hall–Kier alpha value is -0.610. The Morgan fingerprint density at radius 2 is 1.80 bits per heavy atom. The number of nitrogens with one attached hydrogen (secondary N) is 2. The third-order valence-electron chi connectivity index (χ3n) is 5.52. The van der Waals surface area contributed by atoms with E-state index in [1.54, 1.807) is 4.90 Å². The van der Waals surface area contributed by atoms with Crippen molar-refractivity contribution in [3.63, 3.8) is 0 Å². The summed E-state index contributed by atoms with van der Waals surface area (Å²) in [6.45, 7) is 16.7. The molecule has 178 valence electrons. The van der Waals surface area contributed by atoms with Gasteiger partial charge in [-0.05, 0) is 66.8 Å². The first kappa shape index (κ1) is 29.4. The number of carbonyl (C=O) groups is 1. The highest BCUT2D eigenvalue weighted by atomic mass is 127. The van der Waals surface area contributed by atoms with E-state index in [9.17, 15) is 4.79 Å². The number of nitrogens with zero attached hydrogens (tertiary/aromatic N) is 4. The fourth-order valence-corrected chi connectivity index (χ4v) is 4.06. The zero-order valence-corrected chi connectivity index (χ0v) is 22.7. The summed E-state index contributed by atoms with van der Waals surface area (Å²) in [5.41, 5.74) is 0. The lowest BCUT2D eigenvalue weighted by molar-refractivity contribution is -0.133. The molecule has 0 aromatic heterocycles. The molecule has 0 spiro atoms. The summed E-state index contributed by atoms with van der Waals surface area (Å²) in [4.78, 5) is 23.6. The Bertz CT molecular complexity index is 490. The molecule has 8 heteroatoms. The average Bonchev–Trinajstić information content (AvgIpc) is 3.11. The molecular weight excluding hydrogens is 491 g/mol. The van der Waals surface area contributed by atoms with Gasteiger partial charge < -0.3 is 15.5 Å². The molecule has 0 aliphatic carbocycles. The van der Waals surface area contributed by atoms with Gasteiger partial charge in [-0.2, -0.15) is 0 Å². The Morgan fingerprint density at radius 3 is 2.37 bits per heavy atom. The standard InChI is InChI=1S/C22H46N6O.HI/c1-8-23-22(25-14-11-17-28(18(2)3)19(4)5)24-13-10-16-27-15-9-12-20(27)21(29)26(6)7;/h18-20H,8-17H2,1-7H3,(H2,23,24,25);1H. The van der Waals surface area contributed by atoms with E-state index >= 15 is 0 Å². The molecule has 1 fully saturated rings. The van der Waals surface area contributed by atoms with Crippen molar-refractivity contribution in [3.05, 3.63) is 0 Å². The second kappa shape index (κ2) is 16.1. The van der Waals surface area contributed by atoms with Crippen molar-refractivity contribution in [3.8, 4) is 0 Å². The van der Waals surface area contributed by atoms with Crippen LogP contribution in [-0.4, -0.2) is 98.1 Å². The predicted molar refractivity (Wildman–Crippen MR) is 139 cm³/mol. The summed E-state index contributed by atoms with van der Waals surface area (Å²) < 4.78 is 0. The Morgan fingerprint density at radius 1 is 1.13 bits per heavy atom. The number of amides is 1. The highest BCUT2D eigenvalue weighted by Gasteiger charge is 2.30. The first-order chi connectivity index (χ1) is 13.8. The number of aliphatic imine (C=N–C) groups is 1. The molecule has 0 bridgehead atoms. The van der Waals surface area contributed by atoms with Gasteiger partial charge in [-0.15, -0.1) is 24.0 Å². The van der Waals surface area contributed by atoms with Gasteiger partial charge in [0.15, 0.2) is 5.96 Å². The molecule has 1 rings (SSSR count). The Labute approximate surface area is 202 Å². The van der Waals surface area contributed by atoms with Crippen LogP contribution in [0.5, 0.6) is 0 Å². The molecule has 1 amide bonds. The van der Waals surface area contributed by atoms with Crippen LogP contribution in [0.15, 0.2) is 4.99 Å². The zero-order valence-electron chi connectivity index (χ0n) is 20.4. The predicted octanol–water partition coefficient (Wildman–Crippen LogP) is 2.61. The average molecular weight is 539 g/mol. The fourth-order valence-electron chi connectivity index (χ4n) is 4.06. The number of rotatable bonds is 12. The minimum atomic E-state index is 0. The molecule has 0 aromatic carbocycles.